The van der Waals surface area contributed by atoms with Crippen LogP contribution >= 0.6 is 11.6 Å². The smallest absolute Gasteiger partial charge is 0.180 e. The zero-order valence-corrected chi connectivity index (χ0v) is 13.7. The Kier molecular flexibility index (Phi) is 6.44. The molecule has 3 nitrogen and oxygen atoms in total. The molecule has 23 heavy (non-hydrogen) atoms. The fourth-order valence-electron chi connectivity index (χ4n) is 2.11. The highest BCUT2D eigenvalue weighted by molar-refractivity contribution is 6.32. The van der Waals surface area contributed by atoms with Crippen molar-refractivity contribution in [3.63, 3.8) is 0 Å². The Hall–Kier alpha value is -2.04. The van der Waals surface area contributed by atoms with Gasteiger partial charge >= 0.3 is 0 Å². The molecule has 0 aliphatic heterocycles. The van der Waals surface area contributed by atoms with Crippen LogP contribution in [0.15, 0.2) is 49.1 Å². The number of hydrogen-bond donors (Lipinski definition) is 1. The first-order valence-electron chi connectivity index (χ1n) is 7.19. The zero-order valence-electron chi connectivity index (χ0n) is 12.9. The van der Waals surface area contributed by atoms with Crippen LogP contribution in [0.2, 0.25) is 5.02 Å². The van der Waals surface area contributed by atoms with Gasteiger partial charge in [-0.3, -0.25) is 0 Å². The van der Waals surface area contributed by atoms with Gasteiger partial charge in [0.15, 0.2) is 11.5 Å². The van der Waals surface area contributed by atoms with E-state index in [1.807, 2.05) is 12.1 Å². The molecule has 0 fully saturated rings. The summed E-state index contributed by atoms with van der Waals surface area (Å²) in [5, 5.41) is 3.78. The summed E-state index contributed by atoms with van der Waals surface area (Å²) in [5.41, 5.74) is 1.98. The summed E-state index contributed by atoms with van der Waals surface area (Å²) >= 11 is 6.25. The molecular formula is C18H19ClFNO2. The van der Waals surface area contributed by atoms with Crippen molar-refractivity contribution in [2.45, 2.75) is 13.1 Å². The second kappa shape index (κ2) is 8.56. The number of ether oxygens (including phenoxy) is 2. The van der Waals surface area contributed by atoms with Crippen molar-refractivity contribution in [2.24, 2.45) is 0 Å². The average Bonchev–Trinajstić information content (AvgIpc) is 2.55. The van der Waals surface area contributed by atoms with E-state index < -0.39 is 0 Å². The molecule has 0 aliphatic carbocycles. The second-order valence-corrected chi connectivity index (χ2v) is 5.35. The summed E-state index contributed by atoms with van der Waals surface area (Å²) in [7, 11) is 1.57. The van der Waals surface area contributed by atoms with Crippen LogP contribution in [0.1, 0.15) is 11.1 Å². The molecule has 2 rings (SSSR count). The van der Waals surface area contributed by atoms with Crippen LogP contribution in [-0.2, 0) is 13.1 Å². The summed E-state index contributed by atoms with van der Waals surface area (Å²) in [6.07, 6.45) is 1.65. The molecule has 0 saturated heterocycles. The lowest BCUT2D eigenvalue weighted by molar-refractivity contribution is 0.326. The summed E-state index contributed by atoms with van der Waals surface area (Å²) in [6, 6.07) is 10.1. The number of hydrogen-bond acceptors (Lipinski definition) is 3. The Labute approximate surface area is 140 Å². The zero-order chi connectivity index (χ0) is 16.7. The molecule has 5 heteroatoms. The molecule has 2 aromatic carbocycles. The van der Waals surface area contributed by atoms with Gasteiger partial charge in [-0.2, -0.15) is 0 Å². The second-order valence-electron chi connectivity index (χ2n) is 4.94. The van der Waals surface area contributed by atoms with Crippen molar-refractivity contribution in [1.29, 1.82) is 0 Å². The SMILES string of the molecule is C=CCOc1c(Cl)cc(CNCc2ccc(F)cc2)cc1OC. The van der Waals surface area contributed by atoms with E-state index in [9.17, 15) is 4.39 Å². The lowest BCUT2D eigenvalue weighted by atomic mass is 10.2. The third-order valence-corrected chi connectivity index (χ3v) is 3.49. The maximum absolute atomic E-state index is 12.9. The van der Waals surface area contributed by atoms with E-state index in [0.717, 1.165) is 11.1 Å². The van der Waals surface area contributed by atoms with Crippen molar-refractivity contribution in [3.8, 4) is 11.5 Å². The molecule has 0 saturated carbocycles. The van der Waals surface area contributed by atoms with E-state index in [1.54, 1.807) is 25.3 Å². The van der Waals surface area contributed by atoms with Gasteiger partial charge in [0.1, 0.15) is 12.4 Å². The molecule has 1 N–H and O–H groups in total. The summed E-state index contributed by atoms with van der Waals surface area (Å²) in [4.78, 5) is 0. The maximum Gasteiger partial charge on any atom is 0.180 e. The van der Waals surface area contributed by atoms with Gasteiger partial charge < -0.3 is 14.8 Å². The topological polar surface area (TPSA) is 30.5 Å². The van der Waals surface area contributed by atoms with Crippen molar-refractivity contribution in [3.05, 3.63) is 71.0 Å². The van der Waals surface area contributed by atoms with Crippen molar-refractivity contribution in [1.82, 2.24) is 5.32 Å². The Morgan fingerprint density at radius 3 is 2.52 bits per heavy atom. The lowest BCUT2D eigenvalue weighted by Crippen LogP contribution is -2.13. The minimum absolute atomic E-state index is 0.236. The fraction of sp³-hybridized carbons (Fsp3) is 0.222. The van der Waals surface area contributed by atoms with Gasteiger partial charge in [-0.25, -0.2) is 4.39 Å². The van der Waals surface area contributed by atoms with Gasteiger partial charge in [0.05, 0.1) is 12.1 Å². The van der Waals surface area contributed by atoms with E-state index in [1.165, 1.54) is 12.1 Å². The monoisotopic (exact) mass is 335 g/mol. The minimum Gasteiger partial charge on any atom is -0.493 e. The van der Waals surface area contributed by atoms with E-state index >= 15 is 0 Å². The van der Waals surface area contributed by atoms with Crippen LogP contribution < -0.4 is 14.8 Å². The van der Waals surface area contributed by atoms with E-state index in [4.69, 9.17) is 21.1 Å². The van der Waals surface area contributed by atoms with Crippen LogP contribution in [0.25, 0.3) is 0 Å². The fourth-order valence-corrected chi connectivity index (χ4v) is 2.40. The Morgan fingerprint density at radius 2 is 1.87 bits per heavy atom. The van der Waals surface area contributed by atoms with Crippen LogP contribution in [0.3, 0.4) is 0 Å². The molecule has 0 radical (unpaired) electrons. The highest BCUT2D eigenvalue weighted by atomic mass is 35.5. The average molecular weight is 336 g/mol. The number of benzene rings is 2. The third kappa shape index (κ3) is 4.98. The Bertz CT molecular complexity index is 659. The predicted molar refractivity (Wildman–Crippen MR) is 90.6 cm³/mol. The van der Waals surface area contributed by atoms with Crippen LogP contribution in [-0.4, -0.2) is 13.7 Å². The maximum atomic E-state index is 12.9. The molecule has 0 bridgehead atoms. The van der Waals surface area contributed by atoms with Crippen LogP contribution in [0.4, 0.5) is 4.39 Å². The first-order chi connectivity index (χ1) is 11.1. The van der Waals surface area contributed by atoms with Crippen molar-refractivity contribution >= 4 is 11.6 Å². The molecule has 0 aromatic heterocycles. The predicted octanol–water partition coefficient (Wildman–Crippen LogP) is 4.34. The highest BCUT2D eigenvalue weighted by Crippen LogP contribution is 2.36. The Morgan fingerprint density at radius 1 is 1.17 bits per heavy atom. The van der Waals surface area contributed by atoms with Gasteiger partial charge in [0.2, 0.25) is 0 Å². The van der Waals surface area contributed by atoms with Gasteiger partial charge in [-0.15, -0.1) is 0 Å². The number of methoxy groups -OCH3 is 1. The van der Waals surface area contributed by atoms with Gasteiger partial charge in [0, 0.05) is 13.1 Å². The van der Waals surface area contributed by atoms with Crippen LogP contribution in [0, 0.1) is 5.82 Å². The molecular weight excluding hydrogens is 317 g/mol. The molecule has 2 aromatic rings. The van der Waals surface area contributed by atoms with Gasteiger partial charge in [-0.05, 0) is 35.4 Å². The quantitative estimate of drug-likeness (QED) is 0.728. The van der Waals surface area contributed by atoms with E-state index in [0.29, 0.717) is 36.2 Å². The molecule has 0 atom stereocenters. The first kappa shape index (κ1) is 17.3. The molecule has 0 spiro atoms. The van der Waals surface area contributed by atoms with E-state index in [2.05, 4.69) is 11.9 Å². The lowest BCUT2D eigenvalue weighted by Gasteiger charge is -2.13. The van der Waals surface area contributed by atoms with Crippen molar-refractivity contribution in [2.75, 3.05) is 13.7 Å². The molecule has 0 aliphatic rings. The molecule has 122 valence electrons. The molecule has 0 amide bonds. The molecule has 0 heterocycles. The molecule has 0 unspecified atom stereocenters. The number of rotatable bonds is 8. The van der Waals surface area contributed by atoms with Crippen LogP contribution in [0.5, 0.6) is 11.5 Å². The summed E-state index contributed by atoms with van der Waals surface area (Å²) < 4.78 is 23.7. The minimum atomic E-state index is -0.236. The highest BCUT2D eigenvalue weighted by Gasteiger charge is 2.11. The van der Waals surface area contributed by atoms with Crippen molar-refractivity contribution < 1.29 is 13.9 Å². The first-order valence-corrected chi connectivity index (χ1v) is 7.57. The summed E-state index contributed by atoms with van der Waals surface area (Å²) in [5.74, 6) is 0.856. The number of nitrogens with one attached hydrogen (secondary N) is 1. The van der Waals surface area contributed by atoms with Gasteiger partial charge in [-0.1, -0.05) is 36.4 Å². The third-order valence-electron chi connectivity index (χ3n) is 3.21. The summed E-state index contributed by atoms with van der Waals surface area (Å²) in [6.45, 7) is 5.21. The normalized spacial score (nSPS) is 10.4. The van der Waals surface area contributed by atoms with Gasteiger partial charge in [0.25, 0.3) is 0 Å². The number of halogens is 2. The Balaban J connectivity index is 2.00. The largest absolute Gasteiger partial charge is 0.493 e. The van der Waals surface area contributed by atoms with E-state index in [-0.39, 0.29) is 5.82 Å². The standard InChI is InChI=1S/C18H19ClFNO2/c1-3-8-23-18-16(19)9-14(10-17(18)22-2)12-21-11-13-4-6-15(20)7-5-13/h3-7,9-10,21H,1,8,11-12H2,2H3.